The normalized spacial score (nSPS) is 14.5. The molecule has 7 nitrogen and oxygen atoms in total. The molecule has 2 rings (SSSR count). The van der Waals surface area contributed by atoms with E-state index in [4.69, 9.17) is 4.74 Å². The van der Waals surface area contributed by atoms with Crippen molar-refractivity contribution in [2.45, 2.75) is 24.7 Å². The molecule has 8 heteroatoms. The Hall–Kier alpha value is -1.93. The number of nitrogens with zero attached hydrogens (tertiary/aromatic N) is 1. The smallest absolute Gasteiger partial charge is 0.262 e. The molecule has 0 fully saturated rings. The molecule has 0 atom stereocenters. The summed E-state index contributed by atoms with van der Waals surface area (Å²) in [4.78, 5) is 15.8. The summed E-state index contributed by atoms with van der Waals surface area (Å²) in [5, 5.41) is 2.60. The minimum atomic E-state index is -3.68. The molecule has 1 heterocycles. The van der Waals surface area contributed by atoms with E-state index < -0.39 is 10.0 Å². The Kier molecular flexibility index (Phi) is 5.51. The number of ether oxygens (including phenoxy) is 1. The summed E-state index contributed by atoms with van der Waals surface area (Å²) in [5.41, 5.74) is 0.404. The zero-order valence-electron chi connectivity index (χ0n) is 12.3. The van der Waals surface area contributed by atoms with Gasteiger partial charge in [0.1, 0.15) is 12.4 Å². The first-order chi connectivity index (χ1) is 10.5. The fourth-order valence-corrected chi connectivity index (χ4v) is 3.10. The van der Waals surface area contributed by atoms with Crippen molar-refractivity contribution in [1.29, 1.82) is 0 Å². The molecule has 0 saturated carbocycles. The van der Waals surface area contributed by atoms with Crippen LogP contribution in [0.1, 0.15) is 19.8 Å². The van der Waals surface area contributed by atoms with E-state index in [-0.39, 0.29) is 17.4 Å². The fourth-order valence-electron chi connectivity index (χ4n) is 1.97. The Morgan fingerprint density at radius 2 is 2.23 bits per heavy atom. The molecule has 0 radical (unpaired) electrons. The van der Waals surface area contributed by atoms with Gasteiger partial charge in [-0.05, 0) is 31.5 Å². The maximum absolute atomic E-state index is 12.3. The van der Waals surface area contributed by atoms with E-state index in [1.807, 2.05) is 0 Å². The fraction of sp³-hybridized carbons (Fsp3) is 0.429. The Labute approximate surface area is 129 Å². The van der Waals surface area contributed by atoms with Gasteiger partial charge in [-0.15, -0.1) is 0 Å². The number of hydrogen-bond donors (Lipinski definition) is 2. The standard InChI is InChI=1S/C14H19N3O4S/c1-2-21-10-14(18)16-11-5-3-6-12(9-11)22(19,20)17-13-7-4-8-15-13/h3,5-6,9H,2,4,7-8,10H2,1H3,(H,15,17)(H,16,18). The molecule has 0 bridgehead atoms. The van der Waals surface area contributed by atoms with Crippen LogP contribution < -0.4 is 10.0 Å². The van der Waals surface area contributed by atoms with Crippen LogP contribution in [0.5, 0.6) is 0 Å². The maximum atomic E-state index is 12.3. The highest BCUT2D eigenvalue weighted by molar-refractivity contribution is 7.90. The minimum Gasteiger partial charge on any atom is -0.372 e. The number of amidine groups is 1. The summed E-state index contributed by atoms with van der Waals surface area (Å²) in [7, 11) is -3.68. The molecule has 22 heavy (non-hydrogen) atoms. The second-order valence-electron chi connectivity index (χ2n) is 4.75. The van der Waals surface area contributed by atoms with Gasteiger partial charge in [0.15, 0.2) is 0 Å². The number of carbonyl (C=O) groups is 1. The van der Waals surface area contributed by atoms with Crippen LogP contribution in [0.25, 0.3) is 0 Å². The Morgan fingerprint density at radius 3 is 2.91 bits per heavy atom. The van der Waals surface area contributed by atoms with Crippen molar-refractivity contribution in [3.05, 3.63) is 24.3 Å². The third kappa shape index (κ3) is 4.54. The predicted octanol–water partition coefficient (Wildman–Crippen LogP) is 1.13. The zero-order chi connectivity index (χ0) is 16.0. The van der Waals surface area contributed by atoms with Crippen LogP contribution in [0.4, 0.5) is 5.69 Å². The molecule has 1 aliphatic heterocycles. The van der Waals surface area contributed by atoms with Crippen LogP contribution >= 0.6 is 0 Å². The summed E-state index contributed by atoms with van der Waals surface area (Å²) in [6, 6.07) is 6.06. The van der Waals surface area contributed by atoms with Gasteiger partial charge < -0.3 is 10.1 Å². The van der Waals surface area contributed by atoms with Crippen LogP contribution in [-0.2, 0) is 19.6 Å². The first kappa shape index (κ1) is 16.4. The summed E-state index contributed by atoms with van der Waals surface area (Å²) in [5.74, 6) is 0.148. The van der Waals surface area contributed by atoms with Gasteiger partial charge in [0, 0.05) is 25.3 Å². The number of anilines is 1. The van der Waals surface area contributed by atoms with Crippen molar-refractivity contribution in [2.24, 2.45) is 4.99 Å². The number of rotatable bonds is 6. The number of nitrogens with one attached hydrogen (secondary N) is 2. The summed E-state index contributed by atoms with van der Waals surface area (Å²) in [6.07, 6.45) is 1.48. The number of hydrogen-bond acceptors (Lipinski definition) is 5. The monoisotopic (exact) mass is 325 g/mol. The third-order valence-electron chi connectivity index (χ3n) is 2.99. The van der Waals surface area contributed by atoms with Gasteiger partial charge in [0.25, 0.3) is 10.0 Å². The highest BCUT2D eigenvalue weighted by Gasteiger charge is 2.18. The lowest BCUT2D eigenvalue weighted by molar-refractivity contribution is -0.120. The third-order valence-corrected chi connectivity index (χ3v) is 4.37. The summed E-state index contributed by atoms with van der Waals surface area (Å²) in [6.45, 7) is 2.81. The predicted molar refractivity (Wildman–Crippen MR) is 83.4 cm³/mol. The van der Waals surface area contributed by atoms with E-state index in [0.717, 1.165) is 6.42 Å². The average molecular weight is 325 g/mol. The van der Waals surface area contributed by atoms with E-state index in [0.29, 0.717) is 31.1 Å². The molecular formula is C14H19N3O4S. The molecular weight excluding hydrogens is 306 g/mol. The SMILES string of the molecule is CCOCC(=O)Nc1cccc(S(=O)(=O)NC2=NCCC2)c1. The highest BCUT2D eigenvalue weighted by atomic mass is 32.2. The first-order valence-corrected chi connectivity index (χ1v) is 8.53. The lowest BCUT2D eigenvalue weighted by Gasteiger charge is -2.10. The molecule has 1 aliphatic rings. The van der Waals surface area contributed by atoms with Crippen molar-refractivity contribution in [3.63, 3.8) is 0 Å². The number of aliphatic imine (C=N–C) groups is 1. The van der Waals surface area contributed by atoms with E-state index in [1.54, 1.807) is 19.1 Å². The van der Waals surface area contributed by atoms with Gasteiger partial charge in [-0.2, -0.15) is 0 Å². The maximum Gasteiger partial charge on any atom is 0.262 e. The lowest BCUT2D eigenvalue weighted by Crippen LogP contribution is -2.29. The van der Waals surface area contributed by atoms with Gasteiger partial charge in [-0.1, -0.05) is 6.07 Å². The molecule has 2 N–H and O–H groups in total. The topological polar surface area (TPSA) is 96.9 Å². The zero-order valence-corrected chi connectivity index (χ0v) is 13.1. The quantitative estimate of drug-likeness (QED) is 0.819. The van der Waals surface area contributed by atoms with Crippen molar-refractivity contribution >= 4 is 27.5 Å². The van der Waals surface area contributed by atoms with Gasteiger partial charge in [0.05, 0.1) is 4.90 Å². The van der Waals surface area contributed by atoms with Gasteiger partial charge >= 0.3 is 0 Å². The second-order valence-corrected chi connectivity index (χ2v) is 6.43. The van der Waals surface area contributed by atoms with Crippen LogP contribution in [-0.4, -0.2) is 39.9 Å². The highest BCUT2D eigenvalue weighted by Crippen LogP contribution is 2.16. The number of sulfonamides is 1. The van der Waals surface area contributed by atoms with Crippen LogP contribution in [0.3, 0.4) is 0 Å². The van der Waals surface area contributed by atoms with E-state index >= 15 is 0 Å². The Balaban J connectivity index is 2.08. The largest absolute Gasteiger partial charge is 0.372 e. The molecule has 0 unspecified atom stereocenters. The summed E-state index contributed by atoms with van der Waals surface area (Å²) >= 11 is 0. The molecule has 1 aromatic carbocycles. The van der Waals surface area contributed by atoms with Crippen molar-refractivity contribution < 1.29 is 17.9 Å². The second kappa shape index (κ2) is 7.37. The van der Waals surface area contributed by atoms with Crippen molar-refractivity contribution in [3.8, 4) is 0 Å². The van der Waals surface area contributed by atoms with Crippen LogP contribution in [0.15, 0.2) is 34.2 Å². The molecule has 0 spiro atoms. The molecule has 0 saturated heterocycles. The molecule has 1 amide bonds. The van der Waals surface area contributed by atoms with E-state index in [2.05, 4.69) is 15.0 Å². The Morgan fingerprint density at radius 1 is 1.41 bits per heavy atom. The van der Waals surface area contributed by atoms with Crippen molar-refractivity contribution in [2.75, 3.05) is 25.1 Å². The first-order valence-electron chi connectivity index (χ1n) is 7.05. The molecule has 120 valence electrons. The van der Waals surface area contributed by atoms with Crippen LogP contribution in [0.2, 0.25) is 0 Å². The van der Waals surface area contributed by atoms with Crippen molar-refractivity contribution in [1.82, 2.24) is 4.72 Å². The number of benzene rings is 1. The molecule has 0 aromatic heterocycles. The van der Waals surface area contributed by atoms with E-state index in [1.165, 1.54) is 12.1 Å². The summed E-state index contributed by atoms with van der Waals surface area (Å²) < 4.78 is 32.0. The molecule has 0 aliphatic carbocycles. The number of carbonyl (C=O) groups excluding carboxylic acids is 1. The number of amides is 1. The van der Waals surface area contributed by atoms with Crippen LogP contribution in [0, 0.1) is 0 Å². The van der Waals surface area contributed by atoms with E-state index in [9.17, 15) is 13.2 Å². The van der Waals surface area contributed by atoms with Gasteiger partial charge in [-0.3, -0.25) is 14.5 Å². The van der Waals surface area contributed by atoms with Gasteiger partial charge in [0.2, 0.25) is 5.91 Å². The molecule has 1 aromatic rings. The van der Waals surface area contributed by atoms with Gasteiger partial charge in [-0.25, -0.2) is 8.42 Å². The minimum absolute atomic E-state index is 0.0669. The Bertz CT molecular complexity index is 670. The lowest BCUT2D eigenvalue weighted by atomic mass is 10.3. The average Bonchev–Trinajstić information content (AvgIpc) is 2.97.